The molecule has 2 aromatic heterocycles. The molecule has 0 saturated carbocycles. The van der Waals surface area contributed by atoms with Crippen molar-refractivity contribution < 1.29 is 18.8 Å². The summed E-state index contributed by atoms with van der Waals surface area (Å²) in [6, 6.07) is 19.6. The molecule has 7 heteroatoms. The Morgan fingerprint density at radius 2 is 1.85 bits per heavy atom. The van der Waals surface area contributed by atoms with Crippen molar-refractivity contribution in [3.63, 3.8) is 0 Å². The van der Waals surface area contributed by atoms with Gasteiger partial charge >= 0.3 is 0 Å². The van der Waals surface area contributed by atoms with E-state index in [-0.39, 0.29) is 6.61 Å². The standard InChI is InChI=1S/C26H29N3O4/c1-19-9-11-21(12-10-19)26-27-25(33-28-26)13-14-29(17-23-7-5-15-31-23)16-22(30)18-32-24-8-4-3-6-20(24)2/h3-12,15,22,30H,13-14,16-18H2,1-2H3. The van der Waals surface area contributed by atoms with Crippen LogP contribution in [0.1, 0.15) is 22.8 Å². The molecule has 0 fully saturated rings. The van der Waals surface area contributed by atoms with Gasteiger partial charge in [-0.15, -0.1) is 0 Å². The van der Waals surface area contributed by atoms with Crippen LogP contribution in [0.25, 0.3) is 11.4 Å². The lowest BCUT2D eigenvalue weighted by Crippen LogP contribution is -2.36. The Morgan fingerprint density at radius 1 is 1.03 bits per heavy atom. The molecule has 0 amide bonds. The second kappa shape index (κ2) is 10.9. The third kappa shape index (κ3) is 6.54. The highest BCUT2D eigenvalue weighted by Crippen LogP contribution is 2.18. The average Bonchev–Trinajstić information content (AvgIpc) is 3.50. The Kier molecular flexibility index (Phi) is 7.55. The molecule has 172 valence electrons. The van der Waals surface area contributed by atoms with Crippen LogP contribution in [0, 0.1) is 13.8 Å². The van der Waals surface area contributed by atoms with Gasteiger partial charge in [-0.25, -0.2) is 0 Å². The first-order chi connectivity index (χ1) is 16.1. The summed E-state index contributed by atoms with van der Waals surface area (Å²) in [5.74, 6) is 2.74. The van der Waals surface area contributed by atoms with E-state index in [1.807, 2.05) is 74.5 Å². The number of nitrogens with zero attached hydrogens (tertiary/aromatic N) is 3. The second-order valence-electron chi connectivity index (χ2n) is 8.17. The van der Waals surface area contributed by atoms with E-state index in [1.54, 1.807) is 6.26 Å². The van der Waals surface area contributed by atoms with Crippen molar-refractivity contribution in [3.8, 4) is 17.1 Å². The molecule has 4 aromatic rings. The number of aryl methyl sites for hydroxylation is 2. The summed E-state index contributed by atoms with van der Waals surface area (Å²) in [7, 11) is 0. The molecule has 0 radical (unpaired) electrons. The summed E-state index contributed by atoms with van der Waals surface area (Å²) in [6.45, 7) is 5.84. The van der Waals surface area contributed by atoms with Gasteiger partial charge in [-0.2, -0.15) is 4.98 Å². The maximum Gasteiger partial charge on any atom is 0.228 e. The highest BCUT2D eigenvalue weighted by atomic mass is 16.5. The molecule has 2 heterocycles. The number of benzene rings is 2. The minimum absolute atomic E-state index is 0.206. The number of hydrogen-bond acceptors (Lipinski definition) is 7. The normalized spacial score (nSPS) is 12.2. The van der Waals surface area contributed by atoms with E-state index in [9.17, 15) is 5.11 Å². The average molecular weight is 448 g/mol. The van der Waals surface area contributed by atoms with Crippen molar-refractivity contribution in [2.45, 2.75) is 32.9 Å². The van der Waals surface area contributed by atoms with Crippen molar-refractivity contribution in [1.82, 2.24) is 15.0 Å². The molecule has 4 rings (SSSR count). The van der Waals surface area contributed by atoms with Gasteiger partial charge in [-0.3, -0.25) is 4.90 Å². The van der Waals surface area contributed by atoms with Crippen LogP contribution < -0.4 is 4.74 Å². The van der Waals surface area contributed by atoms with Crippen LogP contribution in [0.2, 0.25) is 0 Å². The lowest BCUT2D eigenvalue weighted by molar-refractivity contribution is 0.0627. The van der Waals surface area contributed by atoms with E-state index in [0.717, 1.165) is 22.6 Å². The van der Waals surface area contributed by atoms with E-state index in [2.05, 4.69) is 15.0 Å². The van der Waals surface area contributed by atoms with Gasteiger partial charge in [0.05, 0.1) is 12.8 Å². The van der Waals surface area contributed by atoms with Crippen LogP contribution in [0.5, 0.6) is 5.75 Å². The number of para-hydroxylation sites is 1. The van der Waals surface area contributed by atoms with Gasteiger partial charge in [0.1, 0.15) is 24.2 Å². The van der Waals surface area contributed by atoms with E-state index in [1.165, 1.54) is 5.56 Å². The van der Waals surface area contributed by atoms with Crippen LogP contribution in [0.15, 0.2) is 75.9 Å². The summed E-state index contributed by atoms with van der Waals surface area (Å²) >= 11 is 0. The van der Waals surface area contributed by atoms with Gasteiger partial charge in [0, 0.05) is 25.1 Å². The number of ether oxygens (including phenoxy) is 1. The topological polar surface area (TPSA) is 84.8 Å². The Bertz CT molecular complexity index is 1120. The van der Waals surface area contributed by atoms with Crippen LogP contribution in [0.4, 0.5) is 0 Å². The Morgan fingerprint density at radius 3 is 2.61 bits per heavy atom. The van der Waals surface area contributed by atoms with Crippen molar-refractivity contribution in [1.29, 1.82) is 0 Å². The smallest absolute Gasteiger partial charge is 0.228 e. The highest BCUT2D eigenvalue weighted by molar-refractivity contribution is 5.54. The van der Waals surface area contributed by atoms with Gasteiger partial charge in [-0.05, 0) is 37.6 Å². The fourth-order valence-corrected chi connectivity index (χ4v) is 3.54. The summed E-state index contributed by atoms with van der Waals surface area (Å²) in [5.41, 5.74) is 3.14. The second-order valence-corrected chi connectivity index (χ2v) is 8.17. The number of aromatic nitrogens is 2. The first-order valence-corrected chi connectivity index (χ1v) is 11.1. The third-order valence-electron chi connectivity index (χ3n) is 5.37. The van der Waals surface area contributed by atoms with Crippen LogP contribution in [-0.4, -0.2) is 45.9 Å². The molecular weight excluding hydrogens is 418 g/mol. The number of aliphatic hydroxyl groups is 1. The number of hydrogen-bond donors (Lipinski definition) is 1. The minimum atomic E-state index is -0.662. The lowest BCUT2D eigenvalue weighted by atomic mass is 10.1. The predicted molar refractivity (Wildman–Crippen MR) is 125 cm³/mol. The molecule has 0 aliphatic rings. The first kappa shape index (κ1) is 22.8. The largest absolute Gasteiger partial charge is 0.491 e. The lowest BCUT2D eigenvalue weighted by Gasteiger charge is -2.24. The SMILES string of the molecule is Cc1ccc(-c2noc(CCN(Cc3ccco3)CC(O)COc3ccccc3C)n2)cc1. The van der Waals surface area contributed by atoms with Crippen molar-refractivity contribution in [3.05, 3.63) is 89.7 Å². The fraction of sp³-hybridized carbons (Fsp3) is 0.308. The van der Waals surface area contributed by atoms with Gasteiger partial charge in [-0.1, -0.05) is 53.2 Å². The quantitative estimate of drug-likeness (QED) is 0.364. The fourth-order valence-electron chi connectivity index (χ4n) is 3.54. The monoisotopic (exact) mass is 447 g/mol. The summed E-state index contributed by atoms with van der Waals surface area (Å²) in [5, 5.41) is 14.7. The van der Waals surface area contributed by atoms with Gasteiger partial charge < -0.3 is 18.8 Å². The molecule has 7 nitrogen and oxygen atoms in total. The van der Waals surface area contributed by atoms with E-state index < -0.39 is 6.10 Å². The first-order valence-electron chi connectivity index (χ1n) is 11.1. The molecule has 1 N–H and O–H groups in total. The molecule has 0 bridgehead atoms. The maximum absolute atomic E-state index is 10.6. The van der Waals surface area contributed by atoms with Crippen molar-refractivity contribution in [2.24, 2.45) is 0 Å². The van der Waals surface area contributed by atoms with Crippen molar-refractivity contribution >= 4 is 0 Å². The summed E-state index contributed by atoms with van der Waals surface area (Å²) < 4.78 is 16.8. The van der Waals surface area contributed by atoms with E-state index in [4.69, 9.17) is 13.7 Å². The highest BCUT2D eigenvalue weighted by Gasteiger charge is 2.17. The van der Waals surface area contributed by atoms with Crippen molar-refractivity contribution in [2.75, 3.05) is 19.7 Å². The molecule has 1 atom stereocenters. The van der Waals surface area contributed by atoms with E-state index in [0.29, 0.717) is 37.8 Å². The molecule has 33 heavy (non-hydrogen) atoms. The van der Waals surface area contributed by atoms with Gasteiger partial charge in [0.15, 0.2) is 0 Å². The van der Waals surface area contributed by atoms with Crippen LogP contribution in [0.3, 0.4) is 0 Å². The number of rotatable bonds is 11. The third-order valence-corrected chi connectivity index (χ3v) is 5.37. The molecule has 0 aliphatic heterocycles. The Hall–Kier alpha value is -3.42. The molecule has 1 unspecified atom stereocenters. The van der Waals surface area contributed by atoms with Crippen LogP contribution >= 0.6 is 0 Å². The molecule has 0 spiro atoms. The Balaban J connectivity index is 1.35. The maximum atomic E-state index is 10.6. The number of furan rings is 1. The zero-order valence-electron chi connectivity index (χ0n) is 19.0. The zero-order valence-corrected chi connectivity index (χ0v) is 19.0. The summed E-state index contributed by atoms with van der Waals surface area (Å²) in [6.07, 6.45) is 1.55. The number of aliphatic hydroxyl groups excluding tert-OH is 1. The molecule has 0 aliphatic carbocycles. The van der Waals surface area contributed by atoms with Crippen LogP contribution in [-0.2, 0) is 13.0 Å². The zero-order chi connectivity index (χ0) is 23.0. The van der Waals surface area contributed by atoms with Gasteiger partial charge in [0.25, 0.3) is 0 Å². The van der Waals surface area contributed by atoms with Gasteiger partial charge in [0.2, 0.25) is 11.7 Å². The Labute approximate surface area is 193 Å². The van der Waals surface area contributed by atoms with E-state index >= 15 is 0 Å². The molecule has 0 saturated heterocycles. The molecule has 2 aromatic carbocycles. The molecular formula is C26H29N3O4. The minimum Gasteiger partial charge on any atom is -0.491 e. The summed E-state index contributed by atoms with van der Waals surface area (Å²) in [4.78, 5) is 6.63. The predicted octanol–water partition coefficient (Wildman–Crippen LogP) is 4.43.